The van der Waals surface area contributed by atoms with E-state index >= 15 is 0 Å². The van der Waals surface area contributed by atoms with Gasteiger partial charge in [0.15, 0.2) is 0 Å². The quantitative estimate of drug-likeness (QED) is 0.825. The summed E-state index contributed by atoms with van der Waals surface area (Å²) in [4.78, 5) is 4.23. The molecule has 1 aromatic carbocycles. The standard InChI is InChI=1S/C14H17ClN2O2S/c1-10(14-16-6-7-20-14)17-8-12(18)9-19-13-4-2-11(15)3-5-13/h2-7,10,12,17-18H,8-9H2,1H3. The zero-order valence-electron chi connectivity index (χ0n) is 11.1. The fourth-order valence-electron chi connectivity index (χ4n) is 1.63. The van der Waals surface area contributed by atoms with Crippen LogP contribution in [-0.2, 0) is 0 Å². The Bertz CT molecular complexity index is 504. The lowest BCUT2D eigenvalue weighted by atomic mass is 10.3. The molecule has 0 saturated heterocycles. The molecule has 6 heteroatoms. The molecule has 108 valence electrons. The second-order valence-electron chi connectivity index (χ2n) is 4.42. The van der Waals surface area contributed by atoms with Gasteiger partial charge < -0.3 is 15.2 Å². The zero-order chi connectivity index (χ0) is 14.4. The van der Waals surface area contributed by atoms with Crippen molar-refractivity contribution in [3.05, 3.63) is 45.9 Å². The number of hydrogen-bond acceptors (Lipinski definition) is 5. The van der Waals surface area contributed by atoms with Gasteiger partial charge in [0.05, 0.1) is 6.04 Å². The van der Waals surface area contributed by atoms with Gasteiger partial charge in [-0.25, -0.2) is 4.98 Å². The number of nitrogens with zero attached hydrogens (tertiary/aromatic N) is 1. The highest BCUT2D eigenvalue weighted by atomic mass is 35.5. The first-order chi connectivity index (χ1) is 9.65. The van der Waals surface area contributed by atoms with Gasteiger partial charge in [-0.05, 0) is 31.2 Å². The number of benzene rings is 1. The molecule has 0 spiro atoms. The van der Waals surface area contributed by atoms with Gasteiger partial charge in [-0.2, -0.15) is 0 Å². The highest BCUT2D eigenvalue weighted by Gasteiger charge is 2.11. The van der Waals surface area contributed by atoms with E-state index in [-0.39, 0.29) is 12.6 Å². The molecule has 2 N–H and O–H groups in total. The van der Waals surface area contributed by atoms with Crippen molar-refractivity contribution in [2.45, 2.75) is 19.1 Å². The van der Waals surface area contributed by atoms with Gasteiger partial charge in [0, 0.05) is 23.1 Å². The Morgan fingerprint density at radius 2 is 2.15 bits per heavy atom. The van der Waals surface area contributed by atoms with E-state index in [1.54, 1.807) is 41.8 Å². The van der Waals surface area contributed by atoms with Crippen molar-refractivity contribution < 1.29 is 9.84 Å². The molecule has 2 rings (SSSR count). The molecule has 0 aliphatic rings. The molecule has 4 nitrogen and oxygen atoms in total. The summed E-state index contributed by atoms with van der Waals surface area (Å²) >= 11 is 7.38. The van der Waals surface area contributed by atoms with Crippen molar-refractivity contribution in [1.29, 1.82) is 0 Å². The smallest absolute Gasteiger partial charge is 0.119 e. The molecular weight excluding hydrogens is 296 g/mol. The Balaban J connectivity index is 1.70. The topological polar surface area (TPSA) is 54.4 Å². The second-order valence-corrected chi connectivity index (χ2v) is 5.78. The minimum atomic E-state index is -0.576. The first-order valence-corrected chi connectivity index (χ1v) is 7.60. The normalized spacial score (nSPS) is 13.9. The summed E-state index contributed by atoms with van der Waals surface area (Å²) in [5.74, 6) is 0.696. The highest BCUT2D eigenvalue weighted by Crippen LogP contribution is 2.16. The van der Waals surface area contributed by atoms with Crippen molar-refractivity contribution in [2.75, 3.05) is 13.2 Å². The van der Waals surface area contributed by atoms with E-state index in [2.05, 4.69) is 10.3 Å². The van der Waals surface area contributed by atoms with Gasteiger partial charge >= 0.3 is 0 Å². The molecule has 0 aliphatic heterocycles. The fourth-order valence-corrected chi connectivity index (χ4v) is 2.43. The number of aliphatic hydroxyl groups is 1. The number of aromatic nitrogens is 1. The maximum atomic E-state index is 9.88. The lowest BCUT2D eigenvalue weighted by Crippen LogP contribution is -2.33. The van der Waals surface area contributed by atoms with E-state index in [1.165, 1.54) is 0 Å². The SMILES string of the molecule is CC(NCC(O)COc1ccc(Cl)cc1)c1nccs1. The molecule has 0 bridgehead atoms. The van der Waals surface area contributed by atoms with E-state index in [0.717, 1.165) is 5.01 Å². The Morgan fingerprint density at radius 3 is 2.80 bits per heavy atom. The van der Waals surface area contributed by atoms with Crippen LogP contribution in [0.5, 0.6) is 5.75 Å². The van der Waals surface area contributed by atoms with Crippen LogP contribution in [0.15, 0.2) is 35.8 Å². The Morgan fingerprint density at radius 1 is 1.40 bits per heavy atom. The summed E-state index contributed by atoms with van der Waals surface area (Å²) in [5.41, 5.74) is 0. The zero-order valence-corrected chi connectivity index (χ0v) is 12.7. The summed E-state index contributed by atoms with van der Waals surface area (Å²) in [6.07, 6.45) is 1.20. The highest BCUT2D eigenvalue weighted by molar-refractivity contribution is 7.09. The molecule has 1 aromatic heterocycles. The number of hydrogen-bond donors (Lipinski definition) is 2. The molecule has 0 radical (unpaired) electrons. The van der Waals surface area contributed by atoms with Crippen molar-refractivity contribution in [1.82, 2.24) is 10.3 Å². The van der Waals surface area contributed by atoms with Crippen LogP contribution in [0.25, 0.3) is 0 Å². The third kappa shape index (κ3) is 4.76. The van der Waals surface area contributed by atoms with Gasteiger partial charge in [0.2, 0.25) is 0 Å². The third-order valence-corrected chi connectivity index (χ3v) is 3.95. The van der Waals surface area contributed by atoms with Crippen LogP contribution in [0.3, 0.4) is 0 Å². The van der Waals surface area contributed by atoms with Gasteiger partial charge in [0.1, 0.15) is 23.5 Å². The van der Waals surface area contributed by atoms with Gasteiger partial charge in [0.25, 0.3) is 0 Å². The van der Waals surface area contributed by atoms with Gasteiger partial charge in [-0.15, -0.1) is 11.3 Å². The first kappa shape index (κ1) is 15.3. The van der Waals surface area contributed by atoms with Crippen LogP contribution in [0.1, 0.15) is 18.0 Å². The minimum absolute atomic E-state index is 0.125. The average molecular weight is 313 g/mol. The molecule has 0 aliphatic carbocycles. The van der Waals surface area contributed by atoms with Crippen molar-refractivity contribution in [2.24, 2.45) is 0 Å². The lowest BCUT2D eigenvalue weighted by Gasteiger charge is -2.16. The van der Waals surface area contributed by atoms with E-state index in [0.29, 0.717) is 17.3 Å². The van der Waals surface area contributed by atoms with Gasteiger partial charge in [-0.1, -0.05) is 11.6 Å². The number of nitrogens with one attached hydrogen (secondary N) is 1. The summed E-state index contributed by atoms with van der Waals surface area (Å²) in [6.45, 7) is 2.71. The number of rotatable bonds is 7. The largest absolute Gasteiger partial charge is 0.491 e. The molecule has 0 saturated carbocycles. The van der Waals surface area contributed by atoms with E-state index < -0.39 is 6.10 Å². The van der Waals surface area contributed by atoms with Crippen LogP contribution in [0.4, 0.5) is 0 Å². The molecule has 20 heavy (non-hydrogen) atoms. The van der Waals surface area contributed by atoms with Crippen LogP contribution in [0, 0.1) is 0 Å². The molecule has 2 unspecified atom stereocenters. The van der Waals surface area contributed by atoms with E-state index in [4.69, 9.17) is 16.3 Å². The monoisotopic (exact) mass is 312 g/mol. The fraction of sp³-hybridized carbons (Fsp3) is 0.357. The molecule has 1 heterocycles. The Hall–Kier alpha value is -1.14. The van der Waals surface area contributed by atoms with Crippen LogP contribution < -0.4 is 10.1 Å². The molecule has 2 aromatic rings. The minimum Gasteiger partial charge on any atom is -0.491 e. The Kier molecular flexibility index (Phi) is 5.79. The van der Waals surface area contributed by atoms with Crippen molar-refractivity contribution in [3.63, 3.8) is 0 Å². The second kappa shape index (κ2) is 7.59. The van der Waals surface area contributed by atoms with E-state index in [9.17, 15) is 5.11 Å². The van der Waals surface area contributed by atoms with Gasteiger partial charge in [-0.3, -0.25) is 0 Å². The third-order valence-electron chi connectivity index (χ3n) is 2.74. The van der Waals surface area contributed by atoms with E-state index in [1.807, 2.05) is 12.3 Å². The first-order valence-electron chi connectivity index (χ1n) is 6.34. The van der Waals surface area contributed by atoms with Crippen molar-refractivity contribution >= 4 is 22.9 Å². The number of aliphatic hydroxyl groups excluding tert-OH is 1. The number of ether oxygens (including phenoxy) is 1. The molecule has 0 fully saturated rings. The van der Waals surface area contributed by atoms with Crippen LogP contribution in [0.2, 0.25) is 5.02 Å². The summed E-state index contributed by atoms with van der Waals surface area (Å²) in [6, 6.07) is 7.19. The average Bonchev–Trinajstić information content (AvgIpc) is 2.98. The summed E-state index contributed by atoms with van der Waals surface area (Å²) in [7, 11) is 0. The Labute approximate surface area is 127 Å². The number of thiazole rings is 1. The summed E-state index contributed by atoms with van der Waals surface area (Å²) in [5, 5.41) is 16.7. The molecular formula is C14H17ClN2O2S. The van der Waals surface area contributed by atoms with Crippen LogP contribution >= 0.6 is 22.9 Å². The maximum absolute atomic E-state index is 9.88. The predicted molar refractivity (Wildman–Crippen MR) is 81.5 cm³/mol. The molecule has 2 atom stereocenters. The lowest BCUT2D eigenvalue weighted by molar-refractivity contribution is 0.104. The predicted octanol–water partition coefficient (Wildman–Crippen LogP) is 2.89. The maximum Gasteiger partial charge on any atom is 0.119 e. The summed E-state index contributed by atoms with van der Waals surface area (Å²) < 4.78 is 5.48. The number of halogens is 1. The van der Waals surface area contributed by atoms with Crippen LogP contribution in [-0.4, -0.2) is 29.3 Å². The van der Waals surface area contributed by atoms with Crippen molar-refractivity contribution in [3.8, 4) is 5.75 Å². The molecule has 0 amide bonds.